The van der Waals surface area contributed by atoms with Gasteiger partial charge in [0.1, 0.15) is 6.04 Å². The minimum absolute atomic E-state index is 0.0149. The molecule has 0 spiro atoms. The molecule has 1 N–H and O–H groups in total. The van der Waals surface area contributed by atoms with Crippen molar-refractivity contribution in [3.05, 3.63) is 59.7 Å². The van der Waals surface area contributed by atoms with E-state index in [0.717, 1.165) is 11.1 Å². The highest BCUT2D eigenvalue weighted by molar-refractivity contribution is 5.87. The van der Waals surface area contributed by atoms with Crippen LogP contribution in [0.15, 0.2) is 48.5 Å². The summed E-state index contributed by atoms with van der Waals surface area (Å²) < 4.78 is 11.3. The molecule has 0 fully saturated rings. The van der Waals surface area contributed by atoms with Crippen molar-refractivity contribution in [3.8, 4) is 11.5 Å². The second kappa shape index (κ2) is 13.5. The Morgan fingerprint density at radius 2 is 1.58 bits per heavy atom. The summed E-state index contributed by atoms with van der Waals surface area (Å²) in [6.07, 6.45) is 1.41. The third kappa shape index (κ3) is 8.12. The van der Waals surface area contributed by atoms with Gasteiger partial charge in [-0.25, -0.2) is 0 Å². The van der Waals surface area contributed by atoms with Crippen molar-refractivity contribution in [3.63, 3.8) is 0 Å². The molecule has 2 aromatic carbocycles. The van der Waals surface area contributed by atoms with Gasteiger partial charge in [0.15, 0.2) is 11.5 Å². The number of rotatable bonds is 13. The van der Waals surface area contributed by atoms with Crippen LogP contribution in [0, 0.1) is 0 Å². The van der Waals surface area contributed by atoms with Crippen molar-refractivity contribution in [2.75, 3.05) is 13.2 Å². The summed E-state index contributed by atoms with van der Waals surface area (Å²) in [6.45, 7) is 11.2. The molecule has 0 aromatic heterocycles. The van der Waals surface area contributed by atoms with Crippen LogP contribution < -0.4 is 14.8 Å². The van der Waals surface area contributed by atoms with Gasteiger partial charge in [-0.1, -0.05) is 43.3 Å². The van der Waals surface area contributed by atoms with Gasteiger partial charge in [-0.2, -0.15) is 0 Å². The second-order valence-corrected chi connectivity index (χ2v) is 8.24. The standard InChI is InChI=1S/C27H38N2O4/c1-6-23(27(31)28-20(4)5)29(19-22-12-10-9-11-13-22)26(30)17-15-21-14-16-24(32-7-2)25(18-21)33-8-3/h9-14,16,18,20,23H,6-8,15,17,19H2,1-5H3,(H,28,31). The fourth-order valence-corrected chi connectivity index (χ4v) is 3.73. The first-order chi connectivity index (χ1) is 15.9. The van der Waals surface area contributed by atoms with Crippen LogP contribution >= 0.6 is 0 Å². The number of hydrogen-bond donors (Lipinski definition) is 1. The Hall–Kier alpha value is -3.02. The number of nitrogens with zero attached hydrogens (tertiary/aromatic N) is 1. The molecule has 2 rings (SSSR count). The minimum Gasteiger partial charge on any atom is -0.490 e. The van der Waals surface area contributed by atoms with Gasteiger partial charge in [0, 0.05) is 19.0 Å². The Bertz CT molecular complexity index is 883. The summed E-state index contributed by atoms with van der Waals surface area (Å²) in [6, 6.07) is 15.1. The largest absolute Gasteiger partial charge is 0.490 e. The molecule has 0 saturated carbocycles. The van der Waals surface area contributed by atoms with E-state index >= 15 is 0 Å². The number of benzene rings is 2. The molecule has 6 nitrogen and oxygen atoms in total. The molecule has 0 bridgehead atoms. The molecule has 0 aliphatic heterocycles. The third-order valence-electron chi connectivity index (χ3n) is 5.25. The SMILES string of the molecule is CCOc1ccc(CCC(=O)N(Cc2ccccc2)C(CC)C(=O)NC(C)C)cc1OCC. The van der Waals surface area contributed by atoms with E-state index < -0.39 is 6.04 Å². The van der Waals surface area contributed by atoms with Gasteiger partial charge in [0.2, 0.25) is 11.8 Å². The maximum Gasteiger partial charge on any atom is 0.243 e. The molecule has 180 valence electrons. The van der Waals surface area contributed by atoms with Crippen LogP contribution in [0.2, 0.25) is 0 Å². The van der Waals surface area contributed by atoms with Crippen LogP contribution in [0.4, 0.5) is 0 Å². The number of carbonyl (C=O) groups excluding carboxylic acids is 2. The van der Waals surface area contributed by atoms with Crippen molar-refractivity contribution >= 4 is 11.8 Å². The molecule has 1 atom stereocenters. The first kappa shape index (κ1) is 26.2. The zero-order valence-electron chi connectivity index (χ0n) is 20.6. The summed E-state index contributed by atoms with van der Waals surface area (Å²) in [5.74, 6) is 1.23. The molecule has 0 radical (unpaired) electrons. The Morgan fingerprint density at radius 1 is 0.909 bits per heavy atom. The van der Waals surface area contributed by atoms with E-state index in [1.807, 2.05) is 83.1 Å². The molecule has 0 aliphatic carbocycles. The smallest absolute Gasteiger partial charge is 0.243 e. The fourth-order valence-electron chi connectivity index (χ4n) is 3.73. The van der Waals surface area contributed by atoms with Crippen molar-refractivity contribution in [1.29, 1.82) is 0 Å². The first-order valence-corrected chi connectivity index (χ1v) is 11.9. The lowest BCUT2D eigenvalue weighted by atomic mass is 10.1. The summed E-state index contributed by atoms with van der Waals surface area (Å²) in [7, 11) is 0. The first-order valence-electron chi connectivity index (χ1n) is 11.9. The maximum atomic E-state index is 13.4. The average molecular weight is 455 g/mol. The molecular formula is C27H38N2O4. The maximum absolute atomic E-state index is 13.4. The highest BCUT2D eigenvalue weighted by Crippen LogP contribution is 2.29. The molecule has 2 aromatic rings. The average Bonchev–Trinajstić information content (AvgIpc) is 2.79. The Morgan fingerprint density at radius 3 is 2.18 bits per heavy atom. The lowest BCUT2D eigenvalue weighted by Gasteiger charge is -2.31. The van der Waals surface area contributed by atoms with Gasteiger partial charge in [-0.15, -0.1) is 0 Å². The van der Waals surface area contributed by atoms with Gasteiger partial charge in [-0.3, -0.25) is 9.59 Å². The number of ether oxygens (including phenoxy) is 2. The van der Waals surface area contributed by atoms with Gasteiger partial charge in [0.05, 0.1) is 13.2 Å². The predicted molar refractivity (Wildman–Crippen MR) is 131 cm³/mol. The number of carbonyl (C=O) groups is 2. The third-order valence-corrected chi connectivity index (χ3v) is 5.25. The zero-order valence-corrected chi connectivity index (χ0v) is 20.6. The lowest BCUT2D eigenvalue weighted by molar-refractivity contribution is -0.141. The van der Waals surface area contributed by atoms with Gasteiger partial charge >= 0.3 is 0 Å². The van der Waals surface area contributed by atoms with E-state index in [1.165, 1.54) is 0 Å². The van der Waals surface area contributed by atoms with Crippen LogP contribution in [0.5, 0.6) is 11.5 Å². The lowest BCUT2D eigenvalue weighted by Crippen LogP contribution is -2.50. The molecule has 6 heteroatoms. The summed E-state index contributed by atoms with van der Waals surface area (Å²) >= 11 is 0. The Kier molecular flexibility index (Phi) is 10.7. The van der Waals surface area contributed by atoms with E-state index in [0.29, 0.717) is 50.5 Å². The fraction of sp³-hybridized carbons (Fsp3) is 0.481. The predicted octanol–water partition coefficient (Wildman–Crippen LogP) is 4.75. The molecule has 0 saturated heterocycles. The second-order valence-electron chi connectivity index (χ2n) is 8.24. The van der Waals surface area contributed by atoms with E-state index in [2.05, 4.69) is 5.32 Å². The minimum atomic E-state index is -0.514. The van der Waals surface area contributed by atoms with E-state index in [4.69, 9.17) is 9.47 Å². The zero-order chi connectivity index (χ0) is 24.2. The molecule has 0 aliphatic rings. The van der Waals surface area contributed by atoms with Crippen molar-refractivity contribution in [2.45, 2.75) is 72.5 Å². The topological polar surface area (TPSA) is 67.9 Å². The van der Waals surface area contributed by atoms with Crippen molar-refractivity contribution in [2.24, 2.45) is 0 Å². The highest BCUT2D eigenvalue weighted by atomic mass is 16.5. The summed E-state index contributed by atoms with van der Waals surface area (Å²) in [5.41, 5.74) is 2.00. The number of nitrogens with one attached hydrogen (secondary N) is 1. The van der Waals surface area contributed by atoms with Crippen LogP contribution in [-0.2, 0) is 22.6 Å². The van der Waals surface area contributed by atoms with Crippen LogP contribution in [0.25, 0.3) is 0 Å². The van der Waals surface area contributed by atoms with E-state index in [9.17, 15) is 9.59 Å². The van der Waals surface area contributed by atoms with Gasteiger partial charge < -0.3 is 19.7 Å². The quantitative estimate of drug-likeness (QED) is 0.474. The summed E-state index contributed by atoms with van der Waals surface area (Å²) in [5, 5.41) is 2.97. The normalized spacial score (nSPS) is 11.7. The molecular weight excluding hydrogens is 416 g/mol. The Labute approximate surface area is 198 Å². The van der Waals surface area contributed by atoms with E-state index in [-0.39, 0.29) is 17.9 Å². The van der Waals surface area contributed by atoms with Crippen LogP contribution in [-0.4, -0.2) is 42.0 Å². The molecule has 0 heterocycles. The molecule has 2 amide bonds. The Balaban J connectivity index is 2.20. The van der Waals surface area contributed by atoms with Gasteiger partial charge in [-0.05, 0) is 63.8 Å². The van der Waals surface area contributed by atoms with Crippen LogP contribution in [0.1, 0.15) is 58.6 Å². The highest BCUT2D eigenvalue weighted by Gasteiger charge is 2.28. The molecule has 1 unspecified atom stereocenters. The monoisotopic (exact) mass is 454 g/mol. The van der Waals surface area contributed by atoms with E-state index in [1.54, 1.807) is 4.90 Å². The van der Waals surface area contributed by atoms with Crippen molar-refractivity contribution in [1.82, 2.24) is 10.2 Å². The van der Waals surface area contributed by atoms with Crippen molar-refractivity contribution < 1.29 is 19.1 Å². The number of hydrogen-bond acceptors (Lipinski definition) is 4. The summed E-state index contributed by atoms with van der Waals surface area (Å²) in [4.78, 5) is 28.0. The number of amides is 2. The molecule has 33 heavy (non-hydrogen) atoms. The number of aryl methyl sites for hydroxylation is 1. The van der Waals surface area contributed by atoms with Gasteiger partial charge in [0.25, 0.3) is 0 Å². The van der Waals surface area contributed by atoms with Crippen LogP contribution in [0.3, 0.4) is 0 Å².